The van der Waals surface area contributed by atoms with Crippen molar-refractivity contribution in [1.82, 2.24) is 0 Å². The molecule has 2 heteroatoms. The Kier molecular flexibility index (Phi) is 3.27. The first-order chi connectivity index (χ1) is 7.24. The first-order valence-corrected chi connectivity index (χ1v) is 5.64. The summed E-state index contributed by atoms with van der Waals surface area (Å²) in [6.07, 6.45) is 3.08. The molecule has 1 N–H and O–H groups in total. The maximum Gasteiger partial charge on any atom is 0.119 e. The van der Waals surface area contributed by atoms with Crippen molar-refractivity contribution in [2.75, 3.05) is 6.61 Å². The molecule has 1 aliphatic rings. The predicted molar refractivity (Wildman–Crippen MR) is 60.0 cm³/mol. The first kappa shape index (κ1) is 10.5. The van der Waals surface area contributed by atoms with Gasteiger partial charge in [-0.1, -0.05) is 12.1 Å². The molecule has 0 aliphatic heterocycles. The summed E-state index contributed by atoms with van der Waals surface area (Å²) < 4.78 is 5.63. The van der Waals surface area contributed by atoms with Crippen LogP contribution in [0.15, 0.2) is 24.3 Å². The van der Waals surface area contributed by atoms with Crippen LogP contribution in [0.1, 0.15) is 25.3 Å². The number of rotatable bonds is 5. The van der Waals surface area contributed by atoms with Gasteiger partial charge >= 0.3 is 0 Å². The van der Waals surface area contributed by atoms with E-state index in [1.54, 1.807) is 6.92 Å². The molecule has 1 aliphatic carbocycles. The predicted octanol–water partition coefficient (Wildman–Crippen LogP) is 2.40. The number of benzene rings is 1. The third-order valence-corrected chi connectivity index (χ3v) is 2.64. The lowest BCUT2D eigenvalue weighted by Crippen LogP contribution is -2.04. The molecule has 0 spiro atoms. The highest BCUT2D eigenvalue weighted by Crippen LogP contribution is 2.29. The summed E-state index contributed by atoms with van der Waals surface area (Å²) in [5, 5.41) is 9.23. The smallest absolute Gasteiger partial charge is 0.119 e. The van der Waals surface area contributed by atoms with E-state index in [1.807, 2.05) is 24.3 Å². The molecule has 1 atom stereocenters. The molecule has 1 unspecified atom stereocenters. The lowest BCUT2D eigenvalue weighted by Gasteiger charge is -2.07. The van der Waals surface area contributed by atoms with E-state index >= 15 is 0 Å². The van der Waals surface area contributed by atoms with Gasteiger partial charge in [0.2, 0.25) is 0 Å². The van der Waals surface area contributed by atoms with Crippen LogP contribution in [0.2, 0.25) is 0 Å². The molecule has 2 nitrogen and oxygen atoms in total. The van der Waals surface area contributed by atoms with E-state index in [4.69, 9.17) is 4.74 Å². The highest BCUT2D eigenvalue weighted by atomic mass is 16.5. The van der Waals surface area contributed by atoms with Gasteiger partial charge in [0.1, 0.15) is 5.75 Å². The Balaban J connectivity index is 1.85. The van der Waals surface area contributed by atoms with Crippen molar-refractivity contribution < 1.29 is 9.84 Å². The largest absolute Gasteiger partial charge is 0.493 e. The van der Waals surface area contributed by atoms with E-state index in [1.165, 1.54) is 12.8 Å². The van der Waals surface area contributed by atoms with E-state index in [2.05, 4.69) is 0 Å². The molecule has 1 aromatic rings. The van der Waals surface area contributed by atoms with E-state index in [0.29, 0.717) is 6.42 Å². The van der Waals surface area contributed by atoms with E-state index in [9.17, 15) is 5.11 Å². The molecule has 0 radical (unpaired) electrons. The van der Waals surface area contributed by atoms with Gasteiger partial charge in [0.05, 0.1) is 12.7 Å². The van der Waals surface area contributed by atoms with Gasteiger partial charge < -0.3 is 9.84 Å². The minimum Gasteiger partial charge on any atom is -0.493 e. The third-order valence-electron chi connectivity index (χ3n) is 2.64. The summed E-state index contributed by atoms with van der Waals surface area (Å²) in [4.78, 5) is 0. The lowest BCUT2D eigenvalue weighted by atomic mass is 10.1. The summed E-state index contributed by atoms with van der Waals surface area (Å²) in [6.45, 7) is 2.66. The average Bonchev–Trinajstić information content (AvgIpc) is 2.99. The molecule has 0 aromatic heterocycles. The molecule has 0 amide bonds. The van der Waals surface area contributed by atoms with Gasteiger partial charge in [-0.15, -0.1) is 0 Å². The second-order valence-corrected chi connectivity index (χ2v) is 4.45. The molecule has 1 saturated carbocycles. The van der Waals surface area contributed by atoms with Crippen LogP contribution in [0.25, 0.3) is 0 Å². The Labute approximate surface area is 90.9 Å². The Morgan fingerprint density at radius 1 is 1.33 bits per heavy atom. The second kappa shape index (κ2) is 4.67. The maximum absolute atomic E-state index is 9.23. The summed E-state index contributed by atoms with van der Waals surface area (Å²) in [5.74, 6) is 1.73. The molecule has 82 valence electrons. The fraction of sp³-hybridized carbons (Fsp3) is 0.538. The summed E-state index contributed by atoms with van der Waals surface area (Å²) in [7, 11) is 0. The fourth-order valence-electron chi connectivity index (χ4n) is 1.56. The quantitative estimate of drug-likeness (QED) is 0.801. The Morgan fingerprint density at radius 3 is 2.53 bits per heavy atom. The monoisotopic (exact) mass is 206 g/mol. The SMILES string of the molecule is CC(O)Cc1ccc(OCC2CC2)cc1. The number of ether oxygens (including phenoxy) is 1. The maximum atomic E-state index is 9.23. The van der Waals surface area contributed by atoms with Crippen LogP contribution in [0.3, 0.4) is 0 Å². The molecule has 0 bridgehead atoms. The van der Waals surface area contributed by atoms with Crippen LogP contribution in [-0.4, -0.2) is 17.8 Å². The number of aliphatic hydroxyl groups is 1. The summed E-state index contributed by atoms with van der Waals surface area (Å²) in [5.41, 5.74) is 1.16. The highest BCUT2D eigenvalue weighted by Gasteiger charge is 2.21. The minimum atomic E-state index is -0.275. The van der Waals surface area contributed by atoms with Crippen molar-refractivity contribution in [2.24, 2.45) is 5.92 Å². The van der Waals surface area contributed by atoms with Gasteiger partial charge in [0.25, 0.3) is 0 Å². The molecular formula is C13H18O2. The average molecular weight is 206 g/mol. The standard InChI is InChI=1S/C13H18O2/c1-10(14)8-11-4-6-13(7-5-11)15-9-12-2-3-12/h4-7,10,12,14H,2-3,8-9H2,1H3. The fourth-order valence-corrected chi connectivity index (χ4v) is 1.56. The number of hydrogen-bond acceptors (Lipinski definition) is 2. The second-order valence-electron chi connectivity index (χ2n) is 4.45. The number of hydrogen-bond donors (Lipinski definition) is 1. The molecular weight excluding hydrogens is 188 g/mol. The molecule has 1 aromatic carbocycles. The van der Waals surface area contributed by atoms with Crippen molar-refractivity contribution in [3.05, 3.63) is 29.8 Å². The zero-order chi connectivity index (χ0) is 10.7. The third kappa shape index (κ3) is 3.56. The lowest BCUT2D eigenvalue weighted by molar-refractivity contribution is 0.195. The van der Waals surface area contributed by atoms with Crippen LogP contribution in [0, 0.1) is 5.92 Å². The van der Waals surface area contributed by atoms with Crippen LogP contribution in [-0.2, 0) is 6.42 Å². The summed E-state index contributed by atoms with van der Waals surface area (Å²) >= 11 is 0. The van der Waals surface area contributed by atoms with E-state index in [-0.39, 0.29) is 6.10 Å². The van der Waals surface area contributed by atoms with Crippen LogP contribution in [0.4, 0.5) is 0 Å². The molecule has 15 heavy (non-hydrogen) atoms. The van der Waals surface area contributed by atoms with Crippen molar-refractivity contribution in [3.8, 4) is 5.75 Å². The highest BCUT2D eigenvalue weighted by molar-refractivity contribution is 5.27. The van der Waals surface area contributed by atoms with Crippen molar-refractivity contribution in [3.63, 3.8) is 0 Å². The Bertz CT molecular complexity index is 299. The normalized spacial score (nSPS) is 17.5. The van der Waals surface area contributed by atoms with E-state index < -0.39 is 0 Å². The number of aliphatic hydroxyl groups excluding tert-OH is 1. The van der Waals surface area contributed by atoms with Gasteiger partial charge in [0.15, 0.2) is 0 Å². The van der Waals surface area contributed by atoms with Crippen LogP contribution in [0.5, 0.6) is 5.75 Å². The van der Waals surface area contributed by atoms with Crippen LogP contribution < -0.4 is 4.74 Å². The van der Waals surface area contributed by atoms with Gasteiger partial charge in [-0.2, -0.15) is 0 Å². The molecule has 0 heterocycles. The molecule has 0 saturated heterocycles. The van der Waals surface area contributed by atoms with Gasteiger partial charge in [0, 0.05) is 0 Å². The van der Waals surface area contributed by atoms with Gasteiger partial charge in [-0.3, -0.25) is 0 Å². The Hall–Kier alpha value is -1.02. The van der Waals surface area contributed by atoms with E-state index in [0.717, 1.165) is 23.8 Å². The zero-order valence-corrected chi connectivity index (χ0v) is 9.15. The van der Waals surface area contributed by atoms with Gasteiger partial charge in [-0.25, -0.2) is 0 Å². The molecule has 1 fully saturated rings. The molecule has 2 rings (SSSR count). The summed E-state index contributed by atoms with van der Waals surface area (Å²) in [6, 6.07) is 8.02. The minimum absolute atomic E-state index is 0.275. The van der Waals surface area contributed by atoms with Crippen molar-refractivity contribution in [1.29, 1.82) is 0 Å². The first-order valence-electron chi connectivity index (χ1n) is 5.64. The van der Waals surface area contributed by atoms with Gasteiger partial charge in [-0.05, 0) is 49.8 Å². The van der Waals surface area contributed by atoms with Crippen molar-refractivity contribution in [2.45, 2.75) is 32.3 Å². The Morgan fingerprint density at radius 2 is 2.00 bits per heavy atom. The zero-order valence-electron chi connectivity index (χ0n) is 9.15. The van der Waals surface area contributed by atoms with Crippen molar-refractivity contribution >= 4 is 0 Å². The van der Waals surface area contributed by atoms with Crippen LogP contribution >= 0.6 is 0 Å². The topological polar surface area (TPSA) is 29.5 Å².